The zero-order valence-electron chi connectivity index (χ0n) is 12.6. The molecule has 2 aliphatic heterocycles. The third-order valence-electron chi connectivity index (χ3n) is 4.19. The van der Waals surface area contributed by atoms with Crippen LogP contribution in [0.25, 0.3) is 0 Å². The fourth-order valence-corrected chi connectivity index (χ4v) is 2.87. The van der Waals surface area contributed by atoms with E-state index in [-0.39, 0.29) is 12.0 Å². The van der Waals surface area contributed by atoms with Crippen molar-refractivity contribution in [3.8, 4) is 0 Å². The van der Waals surface area contributed by atoms with Gasteiger partial charge in [0, 0.05) is 44.8 Å². The number of hydrogen-bond donors (Lipinski definition) is 0. The lowest BCUT2D eigenvalue weighted by molar-refractivity contribution is -0.131. The maximum absolute atomic E-state index is 12.2. The molecular formula is C16H21N3O3. The summed E-state index contributed by atoms with van der Waals surface area (Å²) in [5.41, 5.74) is 1.20. The smallest absolute Gasteiger partial charge is 0.409 e. The average Bonchev–Trinajstić information content (AvgIpc) is 2.99. The molecule has 0 N–H and O–H groups in total. The molecule has 2 aliphatic rings. The molecule has 0 radical (unpaired) electrons. The van der Waals surface area contributed by atoms with Gasteiger partial charge >= 0.3 is 6.09 Å². The summed E-state index contributed by atoms with van der Waals surface area (Å²) in [6.07, 6.45) is 0.0714. The van der Waals surface area contributed by atoms with E-state index >= 15 is 0 Å². The topological polar surface area (TPSA) is 53.1 Å². The molecule has 2 fully saturated rings. The zero-order valence-corrected chi connectivity index (χ0v) is 12.6. The Hall–Kier alpha value is -2.24. The maximum atomic E-state index is 12.2. The quantitative estimate of drug-likeness (QED) is 0.838. The number of benzene rings is 1. The number of carbonyl (C=O) groups is 2. The number of cyclic esters (lactones) is 1. The Morgan fingerprint density at radius 1 is 1.05 bits per heavy atom. The number of hydrogen-bond acceptors (Lipinski definition) is 4. The summed E-state index contributed by atoms with van der Waals surface area (Å²) in [5.74, 6) is 0.118. The van der Waals surface area contributed by atoms with E-state index < -0.39 is 0 Å². The van der Waals surface area contributed by atoms with Gasteiger partial charge in [-0.2, -0.15) is 0 Å². The number of anilines is 1. The largest absolute Gasteiger partial charge is 0.448 e. The summed E-state index contributed by atoms with van der Waals surface area (Å²) < 4.78 is 4.86. The van der Waals surface area contributed by atoms with Gasteiger partial charge in [0.2, 0.25) is 5.91 Å². The summed E-state index contributed by atoms with van der Waals surface area (Å²) in [7, 11) is 0. The molecular weight excluding hydrogens is 282 g/mol. The van der Waals surface area contributed by atoms with E-state index in [4.69, 9.17) is 4.74 Å². The molecule has 1 aromatic carbocycles. The summed E-state index contributed by atoms with van der Waals surface area (Å²) in [6.45, 7) is 4.65. The fourth-order valence-electron chi connectivity index (χ4n) is 2.87. The van der Waals surface area contributed by atoms with E-state index in [2.05, 4.69) is 17.0 Å². The molecule has 0 saturated carbocycles. The van der Waals surface area contributed by atoms with E-state index in [1.165, 1.54) is 5.69 Å². The molecule has 118 valence electrons. The molecule has 3 rings (SSSR count). The zero-order chi connectivity index (χ0) is 15.4. The number of ether oxygens (including phenoxy) is 1. The van der Waals surface area contributed by atoms with Gasteiger partial charge in [-0.25, -0.2) is 4.79 Å². The highest BCUT2D eigenvalue weighted by atomic mass is 16.6. The van der Waals surface area contributed by atoms with Crippen molar-refractivity contribution < 1.29 is 14.3 Å². The Morgan fingerprint density at radius 2 is 1.77 bits per heavy atom. The third kappa shape index (κ3) is 3.32. The Bertz CT molecular complexity index is 527. The van der Waals surface area contributed by atoms with Crippen LogP contribution in [0, 0.1) is 0 Å². The van der Waals surface area contributed by atoms with Gasteiger partial charge in [-0.3, -0.25) is 4.79 Å². The van der Waals surface area contributed by atoms with Crippen molar-refractivity contribution in [1.29, 1.82) is 0 Å². The van der Waals surface area contributed by atoms with Gasteiger partial charge in [-0.1, -0.05) is 18.2 Å². The Kier molecular flexibility index (Phi) is 4.46. The third-order valence-corrected chi connectivity index (χ3v) is 4.19. The second-order valence-electron chi connectivity index (χ2n) is 5.55. The summed E-state index contributed by atoms with van der Waals surface area (Å²) in [5, 5.41) is 0. The van der Waals surface area contributed by atoms with Crippen molar-refractivity contribution >= 4 is 17.7 Å². The summed E-state index contributed by atoms with van der Waals surface area (Å²) >= 11 is 0. The van der Waals surface area contributed by atoms with Gasteiger partial charge < -0.3 is 19.4 Å². The maximum Gasteiger partial charge on any atom is 0.409 e. The predicted molar refractivity (Wildman–Crippen MR) is 82.8 cm³/mol. The Labute approximate surface area is 130 Å². The number of rotatable bonds is 4. The average molecular weight is 303 g/mol. The molecule has 1 aromatic rings. The molecule has 22 heavy (non-hydrogen) atoms. The number of amides is 2. The van der Waals surface area contributed by atoms with Crippen LogP contribution in [0.3, 0.4) is 0 Å². The van der Waals surface area contributed by atoms with Crippen LogP contribution in [-0.4, -0.2) is 67.7 Å². The molecule has 0 aliphatic carbocycles. The summed E-state index contributed by atoms with van der Waals surface area (Å²) in [6, 6.07) is 10.3. The first kappa shape index (κ1) is 14.7. The van der Waals surface area contributed by atoms with Crippen LogP contribution in [0.5, 0.6) is 0 Å². The van der Waals surface area contributed by atoms with E-state index in [1.807, 2.05) is 23.1 Å². The molecule has 0 aromatic heterocycles. The van der Waals surface area contributed by atoms with Crippen molar-refractivity contribution in [2.24, 2.45) is 0 Å². The van der Waals surface area contributed by atoms with Gasteiger partial charge in [0.25, 0.3) is 0 Å². The van der Waals surface area contributed by atoms with Crippen LogP contribution < -0.4 is 4.90 Å². The fraction of sp³-hybridized carbons (Fsp3) is 0.500. The van der Waals surface area contributed by atoms with Crippen LogP contribution >= 0.6 is 0 Å². The second-order valence-corrected chi connectivity index (χ2v) is 5.55. The lowest BCUT2D eigenvalue weighted by Gasteiger charge is -2.36. The van der Waals surface area contributed by atoms with E-state index in [9.17, 15) is 9.59 Å². The van der Waals surface area contributed by atoms with Crippen molar-refractivity contribution in [2.75, 3.05) is 50.8 Å². The van der Waals surface area contributed by atoms with Crippen molar-refractivity contribution in [3.05, 3.63) is 30.3 Å². The first-order chi connectivity index (χ1) is 10.7. The number of carbonyl (C=O) groups excluding carboxylic acids is 2. The molecule has 2 saturated heterocycles. The first-order valence-electron chi connectivity index (χ1n) is 7.73. The van der Waals surface area contributed by atoms with Crippen molar-refractivity contribution in [3.63, 3.8) is 0 Å². The van der Waals surface area contributed by atoms with Crippen LogP contribution in [-0.2, 0) is 9.53 Å². The lowest BCUT2D eigenvalue weighted by atomic mass is 10.2. The van der Waals surface area contributed by atoms with E-state index in [0.717, 1.165) is 26.2 Å². The van der Waals surface area contributed by atoms with Crippen LogP contribution in [0.15, 0.2) is 30.3 Å². The van der Waals surface area contributed by atoms with Gasteiger partial charge in [-0.05, 0) is 12.1 Å². The highest BCUT2D eigenvalue weighted by Gasteiger charge is 2.25. The number of nitrogens with zero attached hydrogens (tertiary/aromatic N) is 3. The van der Waals surface area contributed by atoms with E-state index in [0.29, 0.717) is 26.1 Å². The van der Waals surface area contributed by atoms with Gasteiger partial charge in [-0.15, -0.1) is 0 Å². The molecule has 0 atom stereocenters. The van der Waals surface area contributed by atoms with Crippen LogP contribution in [0.4, 0.5) is 10.5 Å². The SMILES string of the molecule is O=C(CCN1CCOC1=O)N1CCN(c2ccccc2)CC1. The molecule has 0 bridgehead atoms. The highest BCUT2D eigenvalue weighted by molar-refractivity contribution is 5.77. The monoisotopic (exact) mass is 303 g/mol. The van der Waals surface area contributed by atoms with Gasteiger partial charge in [0.15, 0.2) is 0 Å². The molecule has 2 heterocycles. The van der Waals surface area contributed by atoms with Crippen molar-refractivity contribution in [1.82, 2.24) is 9.80 Å². The summed E-state index contributed by atoms with van der Waals surface area (Å²) in [4.78, 5) is 29.3. The Morgan fingerprint density at radius 3 is 2.41 bits per heavy atom. The highest BCUT2D eigenvalue weighted by Crippen LogP contribution is 2.16. The number of piperazine rings is 1. The lowest BCUT2D eigenvalue weighted by Crippen LogP contribution is -2.49. The van der Waals surface area contributed by atoms with Gasteiger partial charge in [0.1, 0.15) is 6.61 Å². The normalized spacial score (nSPS) is 18.5. The van der Waals surface area contributed by atoms with Crippen LogP contribution in [0.2, 0.25) is 0 Å². The minimum Gasteiger partial charge on any atom is -0.448 e. The molecule has 0 spiro atoms. The second kappa shape index (κ2) is 6.68. The minimum atomic E-state index is -0.304. The standard InChI is InChI=1S/C16H21N3O3/c20-15(6-7-19-12-13-22-16(19)21)18-10-8-17(9-11-18)14-4-2-1-3-5-14/h1-5H,6-13H2. The molecule has 0 unspecified atom stereocenters. The van der Waals surface area contributed by atoms with E-state index in [1.54, 1.807) is 4.90 Å². The minimum absolute atomic E-state index is 0.118. The van der Waals surface area contributed by atoms with Crippen molar-refractivity contribution in [2.45, 2.75) is 6.42 Å². The molecule has 6 nitrogen and oxygen atoms in total. The molecule has 6 heteroatoms. The molecule has 2 amide bonds. The first-order valence-corrected chi connectivity index (χ1v) is 7.73. The number of para-hydroxylation sites is 1. The van der Waals surface area contributed by atoms with Crippen LogP contribution in [0.1, 0.15) is 6.42 Å². The Balaban J connectivity index is 1.45. The predicted octanol–water partition coefficient (Wildman–Crippen LogP) is 1.18. The van der Waals surface area contributed by atoms with Gasteiger partial charge in [0.05, 0.1) is 6.54 Å².